The van der Waals surface area contributed by atoms with Crippen molar-refractivity contribution >= 4 is 62.7 Å². The van der Waals surface area contributed by atoms with Gasteiger partial charge in [0.1, 0.15) is 11.4 Å². The van der Waals surface area contributed by atoms with Crippen molar-refractivity contribution in [2.24, 2.45) is 14.1 Å². The molecule has 4 heterocycles. The highest BCUT2D eigenvalue weighted by atomic mass is 35.5. The number of carbonyl (C=O) groups is 2. The van der Waals surface area contributed by atoms with Crippen LogP contribution in [0, 0.1) is 27.7 Å². The lowest BCUT2D eigenvalue weighted by atomic mass is 9.98. The molecule has 1 atom stereocenters. The van der Waals surface area contributed by atoms with Crippen LogP contribution in [0.4, 0.5) is 5.82 Å². The predicted molar refractivity (Wildman–Crippen MR) is 197 cm³/mol. The molecule has 258 valence electrons. The summed E-state index contributed by atoms with van der Waals surface area (Å²) >= 11 is 13.4. The second-order valence-corrected chi connectivity index (χ2v) is 14.0. The molecule has 3 aromatic carbocycles. The molecule has 1 unspecified atom stereocenters. The summed E-state index contributed by atoms with van der Waals surface area (Å²) in [5, 5.41) is 22.2. The molecule has 1 amide bonds. The average Bonchev–Trinajstić information content (AvgIpc) is 3.68. The number of amides is 1. The number of aryl methyl sites for hydroxylation is 6. The molecule has 10 nitrogen and oxygen atoms in total. The number of carboxylic acid groups (broad SMARTS) is 1. The summed E-state index contributed by atoms with van der Waals surface area (Å²) < 4.78 is 11.7. The Morgan fingerprint density at radius 2 is 1.68 bits per heavy atom. The third kappa shape index (κ3) is 5.24. The number of benzene rings is 3. The third-order valence-corrected chi connectivity index (χ3v) is 10.8. The van der Waals surface area contributed by atoms with Crippen molar-refractivity contribution in [3.63, 3.8) is 0 Å². The van der Waals surface area contributed by atoms with Gasteiger partial charge >= 0.3 is 5.97 Å². The molecule has 7 rings (SSSR count). The molecule has 0 fully saturated rings. The molecule has 0 radical (unpaired) electrons. The van der Waals surface area contributed by atoms with Gasteiger partial charge in [0.25, 0.3) is 5.91 Å². The number of rotatable bonds is 8. The Morgan fingerprint density at radius 3 is 2.34 bits per heavy atom. The maximum Gasteiger partial charge on any atom is 0.337 e. The number of aromatic nitrogens is 5. The maximum atomic E-state index is 14.9. The van der Waals surface area contributed by atoms with Gasteiger partial charge in [-0.05, 0) is 94.5 Å². The van der Waals surface area contributed by atoms with Gasteiger partial charge in [0.05, 0.1) is 33.9 Å². The molecular formula is C38H38Cl2N6O4. The average molecular weight is 714 g/mol. The van der Waals surface area contributed by atoms with E-state index in [0.717, 1.165) is 60.9 Å². The van der Waals surface area contributed by atoms with Crippen LogP contribution in [0.2, 0.25) is 10.0 Å². The lowest BCUT2D eigenvalue weighted by molar-refractivity contribution is 0.0698. The minimum absolute atomic E-state index is 0.128. The second kappa shape index (κ2) is 12.5. The maximum absolute atomic E-state index is 14.9. The highest BCUT2D eigenvalue weighted by molar-refractivity contribution is 6.35. The summed E-state index contributed by atoms with van der Waals surface area (Å²) in [5.74, 6) is -0.0774. The second-order valence-electron chi connectivity index (χ2n) is 13.2. The van der Waals surface area contributed by atoms with Crippen LogP contribution in [0.1, 0.15) is 68.3 Å². The minimum atomic E-state index is -1.05. The van der Waals surface area contributed by atoms with Gasteiger partial charge in [0, 0.05) is 59.3 Å². The molecule has 1 N–H and O–H groups in total. The van der Waals surface area contributed by atoms with E-state index in [9.17, 15) is 14.7 Å². The van der Waals surface area contributed by atoms with Crippen LogP contribution in [0.3, 0.4) is 0 Å². The monoisotopic (exact) mass is 712 g/mol. The fourth-order valence-corrected chi connectivity index (χ4v) is 7.96. The van der Waals surface area contributed by atoms with E-state index in [4.69, 9.17) is 38.1 Å². The Kier molecular flexibility index (Phi) is 8.43. The van der Waals surface area contributed by atoms with E-state index in [2.05, 4.69) is 11.5 Å². The molecule has 1 aliphatic heterocycles. The number of carboxylic acids is 1. The van der Waals surface area contributed by atoms with Crippen LogP contribution in [0.25, 0.3) is 32.9 Å². The number of fused-ring (bicyclic) bond motifs is 4. The first-order valence-electron chi connectivity index (χ1n) is 16.6. The fourth-order valence-electron chi connectivity index (χ4n) is 7.60. The molecule has 0 spiro atoms. The number of nitrogens with zero attached hydrogens (tertiary/aromatic N) is 6. The van der Waals surface area contributed by atoms with Gasteiger partial charge in [-0.15, -0.1) is 0 Å². The van der Waals surface area contributed by atoms with Gasteiger partial charge in [0.2, 0.25) is 0 Å². The van der Waals surface area contributed by atoms with Crippen LogP contribution in [-0.2, 0) is 20.5 Å². The number of hydrogen-bond acceptors (Lipinski definition) is 5. The molecular weight excluding hydrogens is 675 g/mol. The van der Waals surface area contributed by atoms with E-state index in [-0.39, 0.29) is 17.5 Å². The number of hydrogen-bond donors (Lipinski definition) is 1. The first-order valence-corrected chi connectivity index (χ1v) is 17.3. The quantitative estimate of drug-likeness (QED) is 0.159. The largest absolute Gasteiger partial charge is 0.494 e. The number of aromatic carboxylic acids is 1. The predicted octanol–water partition coefficient (Wildman–Crippen LogP) is 8.40. The molecule has 3 aromatic heterocycles. The topological polar surface area (TPSA) is 107 Å². The highest BCUT2D eigenvalue weighted by Crippen LogP contribution is 2.45. The van der Waals surface area contributed by atoms with Gasteiger partial charge in [-0.2, -0.15) is 10.2 Å². The third-order valence-electron chi connectivity index (χ3n) is 9.90. The summed E-state index contributed by atoms with van der Waals surface area (Å²) in [6, 6.07) is 12.7. The Labute approximate surface area is 299 Å². The molecule has 0 aliphatic carbocycles. The molecule has 0 bridgehead atoms. The minimum Gasteiger partial charge on any atom is -0.494 e. The number of para-hydroxylation sites is 1. The van der Waals surface area contributed by atoms with Crippen LogP contribution < -0.4 is 9.64 Å². The number of ether oxygens (including phenoxy) is 1. The van der Waals surface area contributed by atoms with Crippen LogP contribution in [0.5, 0.6) is 5.75 Å². The number of carbonyl (C=O) groups excluding carboxylic acids is 1. The van der Waals surface area contributed by atoms with E-state index in [1.165, 1.54) is 0 Å². The summed E-state index contributed by atoms with van der Waals surface area (Å²) in [6.07, 6.45) is 1.21. The van der Waals surface area contributed by atoms with Crippen molar-refractivity contribution < 1.29 is 19.4 Å². The van der Waals surface area contributed by atoms with Crippen molar-refractivity contribution in [3.05, 3.63) is 91.8 Å². The lowest BCUT2D eigenvalue weighted by Gasteiger charge is -2.33. The van der Waals surface area contributed by atoms with Gasteiger partial charge in [-0.1, -0.05) is 35.3 Å². The van der Waals surface area contributed by atoms with E-state index < -0.39 is 5.97 Å². The first-order chi connectivity index (χ1) is 23.8. The van der Waals surface area contributed by atoms with Gasteiger partial charge < -0.3 is 14.4 Å². The van der Waals surface area contributed by atoms with Crippen molar-refractivity contribution in [2.45, 2.75) is 53.5 Å². The molecule has 0 saturated heterocycles. The van der Waals surface area contributed by atoms with Gasteiger partial charge in [0.15, 0.2) is 5.82 Å². The van der Waals surface area contributed by atoms with Crippen LogP contribution in [0.15, 0.2) is 42.5 Å². The standard InChI is InChI=1S/C38H38Cl2N6O4/c1-19-16-24(17-20(2)32(19)40)50-15-9-12-25-26-13-14-29(39)31(30-22(4)41-43(6)23(30)5)34(26)46-21(3)18-45(37(47)35(25)46)36-27-10-8-11-28(38(48)49)33(27)44(7)42-36/h8,10-11,13-14,16-17,21H,9,12,15,18H2,1-7H3,(H,48,49). The van der Waals surface area contributed by atoms with E-state index in [0.29, 0.717) is 53.4 Å². The normalized spacial score (nSPS) is 14.6. The Morgan fingerprint density at radius 1 is 0.960 bits per heavy atom. The summed E-state index contributed by atoms with van der Waals surface area (Å²) in [5.41, 5.74) is 8.48. The van der Waals surface area contributed by atoms with Gasteiger partial charge in [-0.3, -0.25) is 19.1 Å². The summed E-state index contributed by atoms with van der Waals surface area (Å²) in [7, 11) is 3.62. The van der Waals surface area contributed by atoms with Crippen LogP contribution in [-0.4, -0.2) is 54.3 Å². The smallest absolute Gasteiger partial charge is 0.337 e. The van der Waals surface area contributed by atoms with Crippen molar-refractivity contribution in [2.75, 3.05) is 18.1 Å². The van der Waals surface area contributed by atoms with Crippen molar-refractivity contribution in [1.82, 2.24) is 24.1 Å². The van der Waals surface area contributed by atoms with Crippen LogP contribution >= 0.6 is 23.2 Å². The zero-order valence-corrected chi connectivity index (χ0v) is 30.6. The molecule has 12 heteroatoms. The molecule has 6 aromatic rings. The first kappa shape index (κ1) is 33.7. The zero-order chi connectivity index (χ0) is 35.8. The molecule has 1 aliphatic rings. The van der Waals surface area contributed by atoms with E-state index in [1.54, 1.807) is 28.8 Å². The Bertz CT molecular complexity index is 2360. The molecule has 50 heavy (non-hydrogen) atoms. The highest BCUT2D eigenvalue weighted by Gasteiger charge is 2.38. The van der Waals surface area contributed by atoms with E-state index >= 15 is 0 Å². The number of anilines is 1. The van der Waals surface area contributed by atoms with E-state index in [1.807, 2.05) is 69.8 Å². The van der Waals surface area contributed by atoms with Crippen molar-refractivity contribution in [3.8, 4) is 16.9 Å². The fraction of sp³-hybridized carbons (Fsp3) is 0.316. The summed E-state index contributed by atoms with van der Waals surface area (Å²) in [6.45, 7) is 10.8. The van der Waals surface area contributed by atoms with Gasteiger partial charge in [-0.25, -0.2) is 4.79 Å². The Balaban J connectivity index is 1.38. The lowest BCUT2D eigenvalue weighted by Crippen LogP contribution is -2.43. The Hall–Kier alpha value is -4.80. The SMILES string of the molecule is Cc1cc(OCCCc2c3n(c4c(-c5c(C)nn(C)c5C)c(Cl)ccc24)C(C)CN(c2nn(C)c4c(C(=O)O)cccc24)C3=O)cc(C)c1Cl. The zero-order valence-electron chi connectivity index (χ0n) is 29.1. The number of halogens is 2. The summed E-state index contributed by atoms with van der Waals surface area (Å²) in [4.78, 5) is 28.7. The van der Waals surface area contributed by atoms with Crippen molar-refractivity contribution in [1.29, 1.82) is 0 Å². The molecule has 0 saturated carbocycles.